The van der Waals surface area contributed by atoms with E-state index in [0.29, 0.717) is 5.95 Å². The Labute approximate surface area is 116 Å². The van der Waals surface area contributed by atoms with Crippen LogP contribution in [0, 0.1) is 5.41 Å². The number of anilines is 2. The van der Waals surface area contributed by atoms with Crippen molar-refractivity contribution < 1.29 is 5.11 Å². The lowest BCUT2D eigenvalue weighted by Crippen LogP contribution is -2.25. The van der Waals surface area contributed by atoms with E-state index >= 15 is 0 Å². The molecule has 0 aromatic carbocycles. The lowest BCUT2D eigenvalue weighted by Gasteiger charge is -2.24. The average molecular weight is 281 g/mol. The summed E-state index contributed by atoms with van der Waals surface area (Å²) >= 11 is 1.55. The van der Waals surface area contributed by atoms with Gasteiger partial charge in [-0.15, -0.1) is 11.3 Å². The van der Waals surface area contributed by atoms with E-state index in [1.807, 2.05) is 11.4 Å². The molecule has 0 aliphatic carbocycles. The molecule has 104 valence electrons. The van der Waals surface area contributed by atoms with Gasteiger partial charge in [0.05, 0.1) is 5.39 Å². The SMILES string of the molecule is CC(C)(CCO)CNc1nc(NN)nc2sccc12. The fourth-order valence-corrected chi connectivity index (χ4v) is 2.53. The van der Waals surface area contributed by atoms with Gasteiger partial charge in [-0.3, -0.25) is 5.43 Å². The quantitative estimate of drug-likeness (QED) is 0.476. The summed E-state index contributed by atoms with van der Waals surface area (Å²) in [6.07, 6.45) is 0.736. The summed E-state index contributed by atoms with van der Waals surface area (Å²) in [6.45, 7) is 5.11. The van der Waals surface area contributed by atoms with Crippen molar-refractivity contribution in [1.82, 2.24) is 9.97 Å². The van der Waals surface area contributed by atoms with Gasteiger partial charge in [0, 0.05) is 13.2 Å². The molecule has 19 heavy (non-hydrogen) atoms. The molecule has 2 heterocycles. The van der Waals surface area contributed by atoms with Crippen LogP contribution < -0.4 is 16.6 Å². The molecule has 2 rings (SSSR count). The zero-order chi connectivity index (χ0) is 13.9. The number of aliphatic hydroxyl groups excluding tert-OH is 1. The molecule has 0 saturated carbocycles. The lowest BCUT2D eigenvalue weighted by atomic mass is 9.90. The van der Waals surface area contributed by atoms with Crippen molar-refractivity contribution in [1.29, 1.82) is 0 Å². The van der Waals surface area contributed by atoms with E-state index in [2.05, 4.69) is 34.6 Å². The summed E-state index contributed by atoms with van der Waals surface area (Å²) in [7, 11) is 0. The van der Waals surface area contributed by atoms with Crippen molar-refractivity contribution in [3.8, 4) is 0 Å². The van der Waals surface area contributed by atoms with E-state index in [1.165, 1.54) is 0 Å². The maximum Gasteiger partial charge on any atom is 0.240 e. The average Bonchev–Trinajstić information content (AvgIpc) is 2.83. The van der Waals surface area contributed by atoms with Gasteiger partial charge >= 0.3 is 0 Å². The molecule has 0 spiro atoms. The predicted molar refractivity (Wildman–Crippen MR) is 79.2 cm³/mol. The topological polar surface area (TPSA) is 96.1 Å². The number of nitrogen functional groups attached to an aromatic ring is 1. The van der Waals surface area contributed by atoms with Gasteiger partial charge in [-0.25, -0.2) is 10.8 Å². The number of hydrogen-bond donors (Lipinski definition) is 4. The van der Waals surface area contributed by atoms with Crippen molar-refractivity contribution in [2.24, 2.45) is 11.3 Å². The molecule has 0 saturated heterocycles. The number of aromatic nitrogens is 2. The Bertz CT molecular complexity index is 554. The molecule has 2 aromatic rings. The Hall–Kier alpha value is -1.44. The van der Waals surface area contributed by atoms with Crippen LogP contribution in [-0.4, -0.2) is 28.2 Å². The first kappa shape index (κ1) is 14.0. The molecule has 0 aliphatic rings. The number of nitrogens with one attached hydrogen (secondary N) is 2. The molecule has 0 fully saturated rings. The number of nitrogens with two attached hydrogens (primary N) is 1. The molecule has 5 N–H and O–H groups in total. The number of nitrogens with zero attached hydrogens (tertiary/aromatic N) is 2. The van der Waals surface area contributed by atoms with Crippen LogP contribution in [0.2, 0.25) is 0 Å². The van der Waals surface area contributed by atoms with E-state index < -0.39 is 0 Å². The second-order valence-electron chi connectivity index (χ2n) is 5.17. The number of rotatable bonds is 6. The van der Waals surface area contributed by atoms with Crippen LogP contribution in [0.5, 0.6) is 0 Å². The minimum Gasteiger partial charge on any atom is -0.396 e. The fraction of sp³-hybridized carbons (Fsp3) is 0.500. The molecule has 2 aromatic heterocycles. The highest BCUT2D eigenvalue weighted by Crippen LogP contribution is 2.28. The first-order chi connectivity index (χ1) is 9.05. The van der Waals surface area contributed by atoms with Crippen LogP contribution in [0.15, 0.2) is 11.4 Å². The summed E-state index contributed by atoms with van der Waals surface area (Å²) < 4.78 is 0. The maximum absolute atomic E-state index is 9.04. The van der Waals surface area contributed by atoms with Crippen LogP contribution in [0.1, 0.15) is 20.3 Å². The van der Waals surface area contributed by atoms with Gasteiger partial charge in [0.1, 0.15) is 10.6 Å². The smallest absolute Gasteiger partial charge is 0.240 e. The van der Waals surface area contributed by atoms with E-state index in [4.69, 9.17) is 10.9 Å². The molecule has 6 nitrogen and oxygen atoms in total. The van der Waals surface area contributed by atoms with Gasteiger partial charge in [0.15, 0.2) is 0 Å². The monoisotopic (exact) mass is 281 g/mol. The fourth-order valence-electron chi connectivity index (χ4n) is 1.77. The zero-order valence-electron chi connectivity index (χ0n) is 11.1. The largest absolute Gasteiger partial charge is 0.396 e. The summed E-state index contributed by atoms with van der Waals surface area (Å²) in [6, 6.07) is 1.99. The standard InChI is InChI=1S/C12H19N5OS/c1-12(2,4-5-18)7-14-9-8-3-6-19-10(8)16-11(15-9)17-13/h3,6,18H,4-5,7,13H2,1-2H3,(H2,14,15,16,17). The minimum absolute atomic E-state index is 0.00164. The Morgan fingerprint density at radius 3 is 2.89 bits per heavy atom. The first-order valence-electron chi connectivity index (χ1n) is 6.12. The zero-order valence-corrected chi connectivity index (χ0v) is 11.9. The molecular weight excluding hydrogens is 262 g/mol. The summed E-state index contributed by atoms with van der Waals surface area (Å²) in [5.41, 5.74) is 2.47. The summed E-state index contributed by atoms with van der Waals surface area (Å²) in [5.74, 6) is 6.55. The molecule has 0 aliphatic heterocycles. The van der Waals surface area contributed by atoms with Crippen molar-refractivity contribution in [3.63, 3.8) is 0 Å². The van der Waals surface area contributed by atoms with Crippen molar-refractivity contribution >= 4 is 33.3 Å². The molecule has 0 radical (unpaired) electrons. The molecule has 7 heteroatoms. The number of thiophene rings is 1. The van der Waals surface area contributed by atoms with E-state index in [9.17, 15) is 0 Å². The van der Waals surface area contributed by atoms with Crippen LogP contribution in [0.25, 0.3) is 10.2 Å². The third-order valence-electron chi connectivity index (χ3n) is 2.98. The highest BCUT2D eigenvalue weighted by Gasteiger charge is 2.18. The first-order valence-corrected chi connectivity index (χ1v) is 7.00. The second-order valence-corrected chi connectivity index (χ2v) is 6.07. The van der Waals surface area contributed by atoms with Crippen molar-refractivity contribution in [2.45, 2.75) is 20.3 Å². The number of fused-ring (bicyclic) bond motifs is 1. The molecule has 0 amide bonds. The molecule has 0 atom stereocenters. The normalized spacial score (nSPS) is 11.8. The van der Waals surface area contributed by atoms with Crippen LogP contribution in [0.3, 0.4) is 0 Å². The lowest BCUT2D eigenvalue weighted by molar-refractivity contribution is 0.220. The van der Waals surface area contributed by atoms with Crippen LogP contribution >= 0.6 is 11.3 Å². The molecular formula is C12H19N5OS. The van der Waals surface area contributed by atoms with Gasteiger partial charge in [-0.2, -0.15) is 4.98 Å². The Morgan fingerprint density at radius 1 is 1.42 bits per heavy atom. The van der Waals surface area contributed by atoms with Gasteiger partial charge in [0.2, 0.25) is 5.95 Å². The Morgan fingerprint density at radius 2 is 2.21 bits per heavy atom. The van der Waals surface area contributed by atoms with Crippen molar-refractivity contribution in [3.05, 3.63) is 11.4 Å². The van der Waals surface area contributed by atoms with E-state index in [0.717, 1.165) is 29.0 Å². The van der Waals surface area contributed by atoms with Gasteiger partial charge in [-0.1, -0.05) is 13.8 Å². The van der Waals surface area contributed by atoms with Gasteiger partial charge in [-0.05, 0) is 23.3 Å². The Balaban J connectivity index is 2.22. The van der Waals surface area contributed by atoms with Crippen LogP contribution in [-0.2, 0) is 0 Å². The summed E-state index contributed by atoms with van der Waals surface area (Å²) in [4.78, 5) is 9.52. The van der Waals surface area contributed by atoms with Crippen molar-refractivity contribution in [2.75, 3.05) is 23.9 Å². The van der Waals surface area contributed by atoms with Gasteiger partial charge < -0.3 is 10.4 Å². The number of hydrazine groups is 1. The maximum atomic E-state index is 9.04. The minimum atomic E-state index is -0.00164. The highest BCUT2D eigenvalue weighted by molar-refractivity contribution is 7.16. The molecule has 0 bridgehead atoms. The number of aliphatic hydroxyl groups is 1. The van der Waals surface area contributed by atoms with E-state index in [-0.39, 0.29) is 12.0 Å². The number of hydrogen-bond acceptors (Lipinski definition) is 7. The Kier molecular flexibility index (Phi) is 4.18. The third kappa shape index (κ3) is 3.31. The van der Waals surface area contributed by atoms with Crippen LogP contribution in [0.4, 0.5) is 11.8 Å². The second kappa shape index (κ2) is 5.68. The third-order valence-corrected chi connectivity index (χ3v) is 3.78. The molecule has 0 unspecified atom stereocenters. The highest BCUT2D eigenvalue weighted by atomic mass is 32.1. The van der Waals surface area contributed by atoms with E-state index in [1.54, 1.807) is 11.3 Å². The van der Waals surface area contributed by atoms with Gasteiger partial charge in [0.25, 0.3) is 0 Å². The summed E-state index contributed by atoms with van der Waals surface area (Å²) in [5, 5.41) is 15.3. The predicted octanol–water partition coefficient (Wildman–Crippen LogP) is 1.80.